The third-order valence-electron chi connectivity index (χ3n) is 3.30. The Bertz CT molecular complexity index is 426. The molecule has 0 aliphatic carbocycles. The molecule has 1 atom stereocenters. The molecule has 18 heavy (non-hydrogen) atoms. The molecule has 0 aromatic heterocycles. The number of benzene rings is 1. The van der Waals surface area contributed by atoms with Gasteiger partial charge >= 0.3 is 0 Å². The number of methoxy groups -OCH3 is 1. The van der Waals surface area contributed by atoms with Crippen LogP contribution in [0, 0.1) is 6.92 Å². The summed E-state index contributed by atoms with van der Waals surface area (Å²) < 4.78 is 10.8. The monoisotopic (exact) mass is 250 g/mol. The maximum absolute atomic E-state index is 12.5. The van der Waals surface area contributed by atoms with Gasteiger partial charge in [-0.15, -0.1) is 0 Å². The van der Waals surface area contributed by atoms with Crippen LogP contribution in [0.5, 0.6) is 5.75 Å². The van der Waals surface area contributed by atoms with Gasteiger partial charge in [0.1, 0.15) is 11.4 Å². The Morgan fingerprint density at radius 2 is 2.00 bits per heavy atom. The predicted molar refractivity (Wildman–Crippen MR) is 72.4 cm³/mol. The summed E-state index contributed by atoms with van der Waals surface area (Å²) in [5, 5.41) is 0. The van der Waals surface area contributed by atoms with Crippen molar-refractivity contribution in [3.05, 3.63) is 29.3 Å². The molecule has 0 bridgehead atoms. The molecule has 3 heteroatoms. The highest BCUT2D eigenvalue weighted by atomic mass is 16.5. The number of aryl methyl sites for hydroxylation is 1. The summed E-state index contributed by atoms with van der Waals surface area (Å²) in [6.45, 7) is 8.17. The molecule has 1 aromatic rings. The topological polar surface area (TPSA) is 35.5 Å². The number of ketones is 1. The van der Waals surface area contributed by atoms with E-state index >= 15 is 0 Å². The molecular formula is C15H22O3. The number of ether oxygens (including phenoxy) is 2. The zero-order valence-corrected chi connectivity index (χ0v) is 11.9. The van der Waals surface area contributed by atoms with E-state index in [1.165, 1.54) is 0 Å². The lowest BCUT2D eigenvalue weighted by Gasteiger charge is -2.27. The van der Waals surface area contributed by atoms with Crippen LogP contribution in [0.4, 0.5) is 0 Å². The quantitative estimate of drug-likeness (QED) is 0.726. The maximum atomic E-state index is 12.5. The lowest BCUT2D eigenvalue weighted by molar-refractivity contribution is -0.0116. The molecule has 1 aromatic carbocycles. The molecule has 1 rings (SSSR count). The van der Waals surface area contributed by atoms with Gasteiger partial charge in [0.25, 0.3) is 0 Å². The Balaban J connectivity index is 3.09. The van der Waals surface area contributed by atoms with Gasteiger partial charge in [-0.3, -0.25) is 4.79 Å². The fourth-order valence-electron chi connectivity index (χ4n) is 1.95. The van der Waals surface area contributed by atoms with Crippen LogP contribution in [0.25, 0.3) is 0 Å². The molecule has 0 aliphatic rings. The van der Waals surface area contributed by atoms with Crippen molar-refractivity contribution in [2.45, 2.75) is 39.7 Å². The van der Waals surface area contributed by atoms with Crippen LogP contribution < -0.4 is 4.74 Å². The number of carbonyl (C=O) groups is 1. The van der Waals surface area contributed by atoms with E-state index < -0.39 is 5.60 Å². The minimum atomic E-state index is -0.742. The van der Waals surface area contributed by atoms with Crippen LogP contribution in [-0.4, -0.2) is 25.1 Å². The highest BCUT2D eigenvalue weighted by molar-refractivity contribution is 6.03. The summed E-state index contributed by atoms with van der Waals surface area (Å²) in [5.74, 6) is 0.797. The lowest BCUT2D eigenvalue weighted by Crippen LogP contribution is -2.38. The molecule has 3 nitrogen and oxygen atoms in total. The Morgan fingerprint density at radius 3 is 2.44 bits per heavy atom. The fourth-order valence-corrected chi connectivity index (χ4v) is 1.95. The normalized spacial score (nSPS) is 14.1. The van der Waals surface area contributed by atoms with Gasteiger partial charge in [0, 0.05) is 12.2 Å². The summed E-state index contributed by atoms with van der Waals surface area (Å²) in [5.41, 5.74) is 0.876. The van der Waals surface area contributed by atoms with Crippen molar-refractivity contribution in [2.75, 3.05) is 13.7 Å². The summed E-state index contributed by atoms with van der Waals surface area (Å²) in [6.07, 6.45) is 0.658. The second-order valence-corrected chi connectivity index (χ2v) is 4.53. The molecule has 0 spiro atoms. The Kier molecular flexibility index (Phi) is 4.91. The molecule has 0 amide bonds. The molecule has 0 saturated heterocycles. The van der Waals surface area contributed by atoms with Crippen molar-refractivity contribution in [1.82, 2.24) is 0 Å². The average Bonchev–Trinajstić information content (AvgIpc) is 2.37. The lowest BCUT2D eigenvalue weighted by atomic mass is 9.89. The van der Waals surface area contributed by atoms with Gasteiger partial charge in [-0.05, 0) is 51.0 Å². The SMILES string of the molecule is CCOC(C)(CC)C(=O)c1ccc(OC)cc1C. The predicted octanol–water partition coefficient (Wildman–Crippen LogP) is 3.39. The van der Waals surface area contributed by atoms with Gasteiger partial charge in [-0.2, -0.15) is 0 Å². The molecule has 0 N–H and O–H groups in total. The Hall–Kier alpha value is -1.35. The van der Waals surface area contributed by atoms with Gasteiger partial charge in [0.15, 0.2) is 5.78 Å². The van der Waals surface area contributed by atoms with Crippen LogP contribution in [0.1, 0.15) is 43.1 Å². The largest absolute Gasteiger partial charge is 0.497 e. The highest BCUT2D eigenvalue weighted by Crippen LogP contribution is 2.25. The van der Waals surface area contributed by atoms with Gasteiger partial charge in [-0.25, -0.2) is 0 Å². The first kappa shape index (κ1) is 14.7. The third-order valence-corrected chi connectivity index (χ3v) is 3.30. The van der Waals surface area contributed by atoms with Crippen LogP contribution in [0.3, 0.4) is 0 Å². The Labute approximate surface area is 109 Å². The van der Waals surface area contributed by atoms with Crippen LogP contribution in [0.15, 0.2) is 18.2 Å². The Morgan fingerprint density at radius 1 is 1.33 bits per heavy atom. The number of hydrogen-bond donors (Lipinski definition) is 0. The molecule has 0 fully saturated rings. The van der Waals surface area contributed by atoms with E-state index in [9.17, 15) is 4.79 Å². The van der Waals surface area contributed by atoms with Gasteiger partial charge in [-0.1, -0.05) is 6.92 Å². The van der Waals surface area contributed by atoms with Crippen LogP contribution in [0.2, 0.25) is 0 Å². The fraction of sp³-hybridized carbons (Fsp3) is 0.533. The summed E-state index contributed by atoms with van der Waals surface area (Å²) in [7, 11) is 1.62. The molecule has 100 valence electrons. The van der Waals surface area contributed by atoms with E-state index in [1.54, 1.807) is 7.11 Å². The van der Waals surface area contributed by atoms with E-state index in [4.69, 9.17) is 9.47 Å². The van der Waals surface area contributed by atoms with E-state index in [0.717, 1.165) is 11.3 Å². The first-order valence-corrected chi connectivity index (χ1v) is 6.32. The average molecular weight is 250 g/mol. The molecule has 0 aliphatic heterocycles. The summed E-state index contributed by atoms with van der Waals surface area (Å²) in [4.78, 5) is 12.5. The van der Waals surface area contributed by atoms with Crippen molar-refractivity contribution in [2.24, 2.45) is 0 Å². The van der Waals surface area contributed by atoms with Gasteiger partial charge < -0.3 is 9.47 Å². The van der Waals surface area contributed by atoms with Crippen molar-refractivity contribution in [3.63, 3.8) is 0 Å². The second kappa shape index (κ2) is 6.01. The van der Waals surface area contributed by atoms with E-state index in [1.807, 2.05) is 45.9 Å². The number of rotatable bonds is 6. The van der Waals surface area contributed by atoms with E-state index in [0.29, 0.717) is 18.6 Å². The van der Waals surface area contributed by atoms with Crippen LogP contribution in [-0.2, 0) is 4.74 Å². The maximum Gasteiger partial charge on any atom is 0.194 e. The van der Waals surface area contributed by atoms with Crippen molar-refractivity contribution < 1.29 is 14.3 Å². The standard InChI is InChI=1S/C15H22O3/c1-6-15(4,18-7-2)14(16)13-9-8-12(17-5)10-11(13)3/h8-10H,6-7H2,1-5H3. The summed E-state index contributed by atoms with van der Waals surface area (Å²) in [6, 6.07) is 5.49. The zero-order chi connectivity index (χ0) is 13.8. The zero-order valence-electron chi connectivity index (χ0n) is 11.9. The molecular weight excluding hydrogens is 228 g/mol. The first-order valence-electron chi connectivity index (χ1n) is 6.32. The second-order valence-electron chi connectivity index (χ2n) is 4.53. The molecule has 1 unspecified atom stereocenters. The smallest absolute Gasteiger partial charge is 0.194 e. The minimum absolute atomic E-state index is 0.0343. The van der Waals surface area contributed by atoms with E-state index in [-0.39, 0.29) is 5.78 Å². The van der Waals surface area contributed by atoms with Gasteiger partial charge in [0.2, 0.25) is 0 Å². The molecule has 0 saturated carbocycles. The number of carbonyl (C=O) groups excluding carboxylic acids is 1. The highest BCUT2D eigenvalue weighted by Gasteiger charge is 2.33. The van der Waals surface area contributed by atoms with E-state index in [2.05, 4.69) is 0 Å². The first-order chi connectivity index (χ1) is 8.48. The van der Waals surface area contributed by atoms with Crippen molar-refractivity contribution in [1.29, 1.82) is 0 Å². The van der Waals surface area contributed by atoms with Crippen molar-refractivity contribution >= 4 is 5.78 Å². The van der Waals surface area contributed by atoms with Crippen molar-refractivity contribution in [3.8, 4) is 5.75 Å². The number of hydrogen-bond acceptors (Lipinski definition) is 3. The minimum Gasteiger partial charge on any atom is -0.497 e. The summed E-state index contributed by atoms with van der Waals surface area (Å²) >= 11 is 0. The molecule has 0 heterocycles. The number of Topliss-reactive ketones (excluding diaryl/α,β-unsaturated/α-hetero) is 1. The van der Waals surface area contributed by atoms with Gasteiger partial charge in [0.05, 0.1) is 7.11 Å². The third kappa shape index (κ3) is 2.91. The van der Waals surface area contributed by atoms with Crippen LogP contribution >= 0.6 is 0 Å². The molecule has 0 radical (unpaired) electrons.